The summed E-state index contributed by atoms with van der Waals surface area (Å²) >= 11 is 0. The van der Waals surface area contributed by atoms with E-state index in [2.05, 4.69) is 10.6 Å². The highest BCUT2D eigenvalue weighted by atomic mass is 16.5. The van der Waals surface area contributed by atoms with Crippen LogP contribution in [0.25, 0.3) is 0 Å². The lowest BCUT2D eigenvalue weighted by molar-refractivity contribution is 0.149. The molecular weight excluding hydrogens is 246 g/mol. The number of carbonyl (C=O) groups excluding carboxylic acids is 1. The van der Waals surface area contributed by atoms with Crippen molar-refractivity contribution in [1.82, 2.24) is 15.5 Å². The second kappa shape index (κ2) is 6.29. The van der Waals surface area contributed by atoms with Gasteiger partial charge in [-0.15, -0.1) is 0 Å². The molecule has 104 valence electrons. The second-order valence-electron chi connectivity index (χ2n) is 4.44. The van der Waals surface area contributed by atoms with Gasteiger partial charge in [-0.1, -0.05) is 0 Å². The maximum atomic E-state index is 11.9. The number of nitrogens with zero attached hydrogens (tertiary/aromatic N) is 1. The van der Waals surface area contributed by atoms with Gasteiger partial charge in [0, 0.05) is 26.2 Å². The number of rotatable bonds is 3. The van der Waals surface area contributed by atoms with E-state index in [1.807, 2.05) is 0 Å². The molecule has 1 aromatic rings. The number of hydrogen-bond donors (Lipinski definition) is 3. The molecule has 0 saturated carbocycles. The van der Waals surface area contributed by atoms with Crippen molar-refractivity contribution in [2.45, 2.75) is 13.2 Å². The van der Waals surface area contributed by atoms with Crippen LogP contribution in [-0.4, -0.2) is 48.4 Å². The van der Waals surface area contributed by atoms with Gasteiger partial charge in [0.15, 0.2) is 6.23 Å². The third kappa shape index (κ3) is 4.03. The number of phenols is 1. The number of phenolic OH excluding ortho intramolecular Hbond substituents is 1. The second-order valence-corrected chi connectivity index (χ2v) is 4.44. The predicted octanol–water partition coefficient (Wildman–Crippen LogP) is 0.732. The molecule has 1 aliphatic heterocycles. The summed E-state index contributed by atoms with van der Waals surface area (Å²) in [7, 11) is 0. The van der Waals surface area contributed by atoms with Gasteiger partial charge >= 0.3 is 6.03 Å². The van der Waals surface area contributed by atoms with Crippen LogP contribution in [0.15, 0.2) is 24.3 Å². The van der Waals surface area contributed by atoms with Crippen LogP contribution in [0, 0.1) is 0 Å². The fourth-order valence-electron chi connectivity index (χ4n) is 1.89. The van der Waals surface area contributed by atoms with E-state index >= 15 is 0 Å². The van der Waals surface area contributed by atoms with E-state index in [9.17, 15) is 4.79 Å². The molecule has 0 aliphatic carbocycles. The maximum absolute atomic E-state index is 11.9. The van der Waals surface area contributed by atoms with Crippen molar-refractivity contribution < 1.29 is 14.6 Å². The SMILES string of the molecule is CC(NC(=O)N1CCNCC1)Oc1ccc(O)cc1. The molecule has 19 heavy (non-hydrogen) atoms. The average molecular weight is 265 g/mol. The highest BCUT2D eigenvalue weighted by molar-refractivity contribution is 5.74. The number of nitrogens with one attached hydrogen (secondary N) is 2. The lowest BCUT2D eigenvalue weighted by Gasteiger charge is -2.29. The van der Waals surface area contributed by atoms with E-state index in [-0.39, 0.29) is 11.8 Å². The molecule has 1 atom stereocenters. The van der Waals surface area contributed by atoms with E-state index in [4.69, 9.17) is 9.84 Å². The van der Waals surface area contributed by atoms with Crippen LogP contribution in [0.3, 0.4) is 0 Å². The van der Waals surface area contributed by atoms with Gasteiger partial charge in [-0.05, 0) is 31.2 Å². The minimum Gasteiger partial charge on any atom is -0.508 e. The molecule has 1 aliphatic rings. The quantitative estimate of drug-likeness (QED) is 0.704. The normalized spacial score (nSPS) is 16.8. The summed E-state index contributed by atoms with van der Waals surface area (Å²) in [5, 5.41) is 15.1. The Hall–Kier alpha value is -1.95. The molecule has 2 rings (SSSR count). The van der Waals surface area contributed by atoms with Crippen LogP contribution < -0.4 is 15.4 Å². The molecule has 1 aromatic carbocycles. The van der Waals surface area contributed by atoms with E-state index in [1.165, 1.54) is 0 Å². The number of carbonyl (C=O) groups is 1. The Morgan fingerprint density at radius 1 is 1.37 bits per heavy atom. The van der Waals surface area contributed by atoms with Gasteiger partial charge in [-0.25, -0.2) is 4.79 Å². The summed E-state index contributed by atoms with van der Waals surface area (Å²) in [6.45, 7) is 4.82. The summed E-state index contributed by atoms with van der Waals surface area (Å²) in [6, 6.07) is 6.28. The fraction of sp³-hybridized carbons (Fsp3) is 0.462. The van der Waals surface area contributed by atoms with Crippen molar-refractivity contribution in [2.24, 2.45) is 0 Å². The monoisotopic (exact) mass is 265 g/mol. The predicted molar refractivity (Wildman–Crippen MR) is 71.2 cm³/mol. The number of piperazine rings is 1. The first-order valence-corrected chi connectivity index (χ1v) is 6.37. The average Bonchev–Trinajstić information content (AvgIpc) is 2.42. The van der Waals surface area contributed by atoms with Crippen molar-refractivity contribution in [3.63, 3.8) is 0 Å². The zero-order chi connectivity index (χ0) is 13.7. The van der Waals surface area contributed by atoms with Crippen molar-refractivity contribution in [2.75, 3.05) is 26.2 Å². The Kier molecular flexibility index (Phi) is 4.46. The van der Waals surface area contributed by atoms with Crippen molar-refractivity contribution >= 4 is 6.03 Å². The summed E-state index contributed by atoms with van der Waals surface area (Å²) < 4.78 is 5.55. The lowest BCUT2D eigenvalue weighted by Crippen LogP contribution is -2.52. The highest BCUT2D eigenvalue weighted by Gasteiger charge is 2.18. The smallest absolute Gasteiger partial charge is 0.320 e. The molecule has 0 spiro atoms. The molecule has 6 nitrogen and oxygen atoms in total. The molecule has 3 N–H and O–H groups in total. The first-order valence-electron chi connectivity index (χ1n) is 6.37. The first kappa shape index (κ1) is 13.5. The molecule has 1 unspecified atom stereocenters. The fourth-order valence-corrected chi connectivity index (χ4v) is 1.89. The van der Waals surface area contributed by atoms with Gasteiger partial charge in [-0.2, -0.15) is 0 Å². The summed E-state index contributed by atoms with van der Waals surface area (Å²) in [5.41, 5.74) is 0. The minimum atomic E-state index is -0.424. The molecule has 1 fully saturated rings. The third-order valence-corrected chi connectivity index (χ3v) is 2.88. The third-order valence-electron chi connectivity index (χ3n) is 2.88. The Morgan fingerprint density at radius 3 is 2.63 bits per heavy atom. The molecule has 1 saturated heterocycles. The van der Waals surface area contributed by atoms with Crippen LogP contribution in [-0.2, 0) is 0 Å². The number of urea groups is 1. The van der Waals surface area contributed by atoms with E-state index in [0.29, 0.717) is 18.8 Å². The summed E-state index contributed by atoms with van der Waals surface area (Å²) in [4.78, 5) is 13.7. The van der Waals surface area contributed by atoms with Gasteiger partial charge in [0.1, 0.15) is 11.5 Å². The zero-order valence-corrected chi connectivity index (χ0v) is 10.9. The van der Waals surface area contributed by atoms with E-state index in [0.717, 1.165) is 13.1 Å². The number of ether oxygens (including phenoxy) is 1. The first-order chi connectivity index (χ1) is 9.15. The molecule has 0 aromatic heterocycles. The number of amides is 2. The van der Waals surface area contributed by atoms with Crippen molar-refractivity contribution in [3.05, 3.63) is 24.3 Å². The van der Waals surface area contributed by atoms with Crippen LogP contribution in [0.4, 0.5) is 4.79 Å². The van der Waals surface area contributed by atoms with Crippen molar-refractivity contribution in [3.8, 4) is 11.5 Å². The summed E-state index contributed by atoms with van der Waals surface area (Å²) in [6.07, 6.45) is -0.424. The Morgan fingerprint density at radius 2 is 2.00 bits per heavy atom. The lowest BCUT2D eigenvalue weighted by atomic mass is 10.3. The molecular formula is C13H19N3O3. The Labute approximate surface area is 112 Å². The molecule has 6 heteroatoms. The number of benzene rings is 1. The van der Waals surface area contributed by atoms with E-state index < -0.39 is 6.23 Å². The van der Waals surface area contributed by atoms with Crippen LogP contribution >= 0.6 is 0 Å². The van der Waals surface area contributed by atoms with Gasteiger partial charge in [0.05, 0.1) is 0 Å². The molecule has 0 radical (unpaired) electrons. The van der Waals surface area contributed by atoms with Gasteiger partial charge in [0.2, 0.25) is 0 Å². The topological polar surface area (TPSA) is 73.8 Å². The minimum absolute atomic E-state index is 0.118. The van der Waals surface area contributed by atoms with Crippen LogP contribution in [0.5, 0.6) is 11.5 Å². The molecule has 1 heterocycles. The van der Waals surface area contributed by atoms with Crippen molar-refractivity contribution in [1.29, 1.82) is 0 Å². The highest BCUT2D eigenvalue weighted by Crippen LogP contribution is 2.16. The number of aromatic hydroxyl groups is 1. The van der Waals surface area contributed by atoms with Crippen LogP contribution in [0.2, 0.25) is 0 Å². The van der Waals surface area contributed by atoms with Gasteiger partial charge < -0.3 is 25.4 Å². The molecule has 0 bridgehead atoms. The van der Waals surface area contributed by atoms with Gasteiger partial charge in [-0.3, -0.25) is 0 Å². The number of hydrogen-bond acceptors (Lipinski definition) is 4. The Bertz CT molecular complexity index is 416. The Balaban J connectivity index is 1.81. The maximum Gasteiger partial charge on any atom is 0.320 e. The zero-order valence-electron chi connectivity index (χ0n) is 10.9. The van der Waals surface area contributed by atoms with Gasteiger partial charge in [0.25, 0.3) is 0 Å². The largest absolute Gasteiger partial charge is 0.508 e. The summed E-state index contributed by atoms with van der Waals surface area (Å²) in [5.74, 6) is 0.788. The molecule has 2 amide bonds. The standard InChI is InChI=1S/C13H19N3O3/c1-10(19-12-4-2-11(17)3-5-12)15-13(18)16-8-6-14-7-9-16/h2-5,10,14,17H,6-9H2,1H3,(H,15,18). The van der Waals surface area contributed by atoms with E-state index in [1.54, 1.807) is 36.1 Å². The van der Waals surface area contributed by atoms with Crippen LogP contribution in [0.1, 0.15) is 6.92 Å².